The molecule has 1 amide bonds. The molecule has 3 rings (SSSR count). The van der Waals surface area contributed by atoms with Gasteiger partial charge in [-0.1, -0.05) is 29.8 Å². The van der Waals surface area contributed by atoms with Crippen molar-refractivity contribution in [3.63, 3.8) is 0 Å². The number of allylic oxidation sites excluding steroid dienone is 1. The Labute approximate surface area is 126 Å². The van der Waals surface area contributed by atoms with Gasteiger partial charge in [-0.2, -0.15) is 0 Å². The highest BCUT2D eigenvalue weighted by Gasteiger charge is 2.48. The third-order valence-corrected chi connectivity index (χ3v) is 4.22. The summed E-state index contributed by atoms with van der Waals surface area (Å²) < 4.78 is 5.66. The molecule has 0 unspecified atom stereocenters. The number of amides is 1. The molecule has 2 aliphatic rings. The molecular formula is C18H23NO2. The molecule has 1 aromatic rings. The van der Waals surface area contributed by atoms with Gasteiger partial charge < -0.3 is 4.74 Å². The van der Waals surface area contributed by atoms with Gasteiger partial charge in [-0.3, -0.25) is 4.90 Å². The molecule has 0 radical (unpaired) electrons. The predicted molar refractivity (Wildman–Crippen MR) is 84.6 cm³/mol. The standard InChI is InChI=1S/C18H23NO2/c1-13-9-10-18(11-13)12-14-7-5-6-8-15(14)19(18)16(20)21-17(2,3)4/h5-8,11H,9-10,12H2,1-4H3/t18-/m1/s1. The zero-order chi connectivity index (χ0) is 15.3. The van der Waals surface area contributed by atoms with E-state index in [4.69, 9.17) is 4.74 Å². The smallest absolute Gasteiger partial charge is 0.415 e. The second-order valence-corrected chi connectivity index (χ2v) is 7.22. The van der Waals surface area contributed by atoms with Gasteiger partial charge in [-0.15, -0.1) is 0 Å². The van der Waals surface area contributed by atoms with Crippen molar-refractivity contribution in [1.29, 1.82) is 0 Å². The molecule has 0 saturated heterocycles. The number of para-hydroxylation sites is 1. The van der Waals surface area contributed by atoms with E-state index in [1.807, 2.05) is 43.9 Å². The van der Waals surface area contributed by atoms with Crippen molar-refractivity contribution in [3.8, 4) is 0 Å². The van der Waals surface area contributed by atoms with E-state index < -0.39 is 5.60 Å². The molecule has 1 spiro atoms. The zero-order valence-electron chi connectivity index (χ0n) is 13.3. The average Bonchev–Trinajstić information content (AvgIpc) is 2.87. The molecular weight excluding hydrogens is 262 g/mol. The highest BCUT2D eigenvalue weighted by Crippen LogP contribution is 2.46. The van der Waals surface area contributed by atoms with Crippen LogP contribution in [0.4, 0.5) is 10.5 Å². The maximum atomic E-state index is 12.8. The van der Waals surface area contributed by atoms with Crippen molar-refractivity contribution < 1.29 is 9.53 Å². The molecule has 1 aromatic carbocycles. The van der Waals surface area contributed by atoms with Gasteiger partial charge in [0.1, 0.15) is 5.60 Å². The van der Waals surface area contributed by atoms with E-state index in [1.165, 1.54) is 11.1 Å². The number of anilines is 1. The molecule has 0 saturated carbocycles. The molecule has 21 heavy (non-hydrogen) atoms. The Hall–Kier alpha value is -1.77. The normalized spacial score (nSPS) is 24.2. The first-order valence-electron chi connectivity index (χ1n) is 7.60. The Balaban J connectivity index is 2.02. The molecule has 1 aliphatic carbocycles. The summed E-state index contributed by atoms with van der Waals surface area (Å²) in [5.74, 6) is 0. The van der Waals surface area contributed by atoms with Gasteiger partial charge in [-0.05, 0) is 52.2 Å². The van der Waals surface area contributed by atoms with E-state index in [-0.39, 0.29) is 11.6 Å². The maximum absolute atomic E-state index is 12.8. The number of ether oxygens (including phenoxy) is 1. The minimum Gasteiger partial charge on any atom is -0.443 e. The van der Waals surface area contributed by atoms with Gasteiger partial charge in [0.25, 0.3) is 0 Å². The van der Waals surface area contributed by atoms with E-state index in [0.717, 1.165) is 24.9 Å². The lowest BCUT2D eigenvalue weighted by Gasteiger charge is -2.35. The Morgan fingerprint density at radius 3 is 2.62 bits per heavy atom. The third-order valence-electron chi connectivity index (χ3n) is 4.22. The summed E-state index contributed by atoms with van der Waals surface area (Å²) in [6, 6.07) is 8.16. The lowest BCUT2D eigenvalue weighted by molar-refractivity contribution is 0.0554. The summed E-state index contributed by atoms with van der Waals surface area (Å²) in [6.45, 7) is 7.88. The fraction of sp³-hybridized carbons (Fsp3) is 0.500. The summed E-state index contributed by atoms with van der Waals surface area (Å²) in [5, 5.41) is 0. The Kier molecular flexibility index (Phi) is 3.12. The second kappa shape index (κ2) is 4.62. The number of carbonyl (C=O) groups is 1. The van der Waals surface area contributed by atoms with Crippen molar-refractivity contribution in [1.82, 2.24) is 0 Å². The SMILES string of the molecule is CC1=C[C@]2(CC1)Cc1ccccc1N2C(=O)OC(C)(C)C. The third kappa shape index (κ3) is 2.45. The Morgan fingerprint density at radius 1 is 1.29 bits per heavy atom. The number of hydrogen-bond acceptors (Lipinski definition) is 2. The predicted octanol–water partition coefficient (Wildman–Crippen LogP) is 4.46. The summed E-state index contributed by atoms with van der Waals surface area (Å²) in [4.78, 5) is 14.6. The molecule has 0 fully saturated rings. The summed E-state index contributed by atoms with van der Waals surface area (Å²) in [5.41, 5.74) is 2.88. The molecule has 3 heteroatoms. The molecule has 0 bridgehead atoms. The number of carbonyl (C=O) groups excluding carboxylic acids is 1. The minimum absolute atomic E-state index is 0.226. The topological polar surface area (TPSA) is 29.5 Å². The average molecular weight is 285 g/mol. The first kappa shape index (κ1) is 14.2. The number of fused-ring (bicyclic) bond motifs is 1. The lowest BCUT2D eigenvalue weighted by Crippen LogP contribution is -2.49. The monoisotopic (exact) mass is 285 g/mol. The van der Waals surface area contributed by atoms with Crippen LogP contribution in [0.15, 0.2) is 35.9 Å². The number of hydrogen-bond donors (Lipinski definition) is 0. The van der Waals surface area contributed by atoms with Gasteiger partial charge in [0.05, 0.1) is 11.2 Å². The fourth-order valence-corrected chi connectivity index (χ4v) is 3.45. The van der Waals surface area contributed by atoms with Crippen molar-refractivity contribution in [3.05, 3.63) is 41.5 Å². The number of nitrogens with zero attached hydrogens (tertiary/aromatic N) is 1. The maximum Gasteiger partial charge on any atom is 0.415 e. The van der Waals surface area contributed by atoms with Crippen LogP contribution in [-0.4, -0.2) is 17.2 Å². The van der Waals surface area contributed by atoms with Gasteiger partial charge in [0.15, 0.2) is 0 Å². The highest BCUT2D eigenvalue weighted by molar-refractivity contribution is 5.93. The van der Waals surface area contributed by atoms with E-state index in [2.05, 4.69) is 19.1 Å². The number of rotatable bonds is 0. The van der Waals surface area contributed by atoms with Gasteiger partial charge in [-0.25, -0.2) is 4.79 Å². The molecule has 112 valence electrons. The lowest BCUT2D eigenvalue weighted by atomic mass is 9.94. The molecule has 3 nitrogen and oxygen atoms in total. The van der Waals surface area contributed by atoms with E-state index in [0.29, 0.717) is 0 Å². The van der Waals surface area contributed by atoms with Crippen molar-refractivity contribution in [2.75, 3.05) is 4.90 Å². The summed E-state index contributed by atoms with van der Waals surface area (Å²) in [6.07, 6.45) is 4.94. The summed E-state index contributed by atoms with van der Waals surface area (Å²) >= 11 is 0. The van der Waals surface area contributed by atoms with Crippen LogP contribution in [0.1, 0.15) is 46.1 Å². The van der Waals surface area contributed by atoms with E-state index in [1.54, 1.807) is 0 Å². The number of benzene rings is 1. The van der Waals surface area contributed by atoms with Gasteiger partial charge >= 0.3 is 6.09 Å². The second-order valence-electron chi connectivity index (χ2n) is 7.22. The van der Waals surface area contributed by atoms with Gasteiger partial charge in [0, 0.05) is 6.42 Å². The van der Waals surface area contributed by atoms with Crippen molar-refractivity contribution in [2.45, 2.75) is 58.1 Å². The van der Waals surface area contributed by atoms with Crippen LogP contribution in [0.2, 0.25) is 0 Å². The van der Waals surface area contributed by atoms with Gasteiger partial charge in [0.2, 0.25) is 0 Å². The molecule has 1 atom stereocenters. The fourth-order valence-electron chi connectivity index (χ4n) is 3.45. The Morgan fingerprint density at radius 2 is 2.00 bits per heavy atom. The Bertz CT molecular complexity index is 612. The quantitative estimate of drug-likeness (QED) is 0.658. The molecule has 0 aromatic heterocycles. The van der Waals surface area contributed by atoms with E-state index >= 15 is 0 Å². The molecule has 0 N–H and O–H groups in total. The zero-order valence-corrected chi connectivity index (χ0v) is 13.3. The van der Waals surface area contributed by atoms with Crippen LogP contribution in [0.5, 0.6) is 0 Å². The molecule has 1 aliphatic heterocycles. The van der Waals surface area contributed by atoms with Crippen LogP contribution in [0.3, 0.4) is 0 Å². The van der Waals surface area contributed by atoms with Crippen molar-refractivity contribution >= 4 is 11.8 Å². The van der Waals surface area contributed by atoms with Crippen LogP contribution in [-0.2, 0) is 11.2 Å². The molecule has 1 heterocycles. The van der Waals surface area contributed by atoms with Crippen LogP contribution in [0, 0.1) is 0 Å². The van der Waals surface area contributed by atoms with Crippen LogP contribution < -0.4 is 4.90 Å². The first-order chi connectivity index (χ1) is 9.81. The van der Waals surface area contributed by atoms with Crippen molar-refractivity contribution in [2.24, 2.45) is 0 Å². The highest BCUT2D eigenvalue weighted by atomic mass is 16.6. The van der Waals surface area contributed by atoms with Crippen LogP contribution >= 0.6 is 0 Å². The minimum atomic E-state index is -0.479. The largest absolute Gasteiger partial charge is 0.443 e. The van der Waals surface area contributed by atoms with E-state index in [9.17, 15) is 4.79 Å². The summed E-state index contributed by atoms with van der Waals surface area (Å²) in [7, 11) is 0. The first-order valence-corrected chi connectivity index (χ1v) is 7.60. The van der Waals surface area contributed by atoms with Crippen LogP contribution in [0.25, 0.3) is 0 Å².